The summed E-state index contributed by atoms with van der Waals surface area (Å²) >= 11 is 0. The molecule has 1 aromatic heterocycles. The van der Waals surface area contributed by atoms with Gasteiger partial charge in [0.25, 0.3) is 11.8 Å². The molecule has 0 saturated heterocycles. The Morgan fingerprint density at radius 3 is 2.34 bits per heavy atom. The zero-order valence-corrected chi connectivity index (χ0v) is 17.1. The van der Waals surface area contributed by atoms with Gasteiger partial charge in [0.15, 0.2) is 6.61 Å². The number of hydrogen-bond acceptors (Lipinski definition) is 5. The van der Waals surface area contributed by atoms with Crippen molar-refractivity contribution in [3.63, 3.8) is 0 Å². The van der Waals surface area contributed by atoms with Gasteiger partial charge < -0.3 is 19.5 Å². The first kappa shape index (κ1) is 22.8. The van der Waals surface area contributed by atoms with E-state index in [2.05, 4.69) is 10.3 Å². The number of para-hydroxylation sites is 2. The van der Waals surface area contributed by atoms with E-state index in [1.54, 1.807) is 14.1 Å². The van der Waals surface area contributed by atoms with Gasteiger partial charge in [-0.2, -0.15) is 13.2 Å². The molecule has 0 aliphatic carbocycles. The van der Waals surface area contributed by atoms with Crippen molar-refractivity contribution in [2.45, 2.75) is 12.7 Å². The monoisotopic (exact) mass is 448 g/mol. The molecule has 1 heterocycles. The molecule has 11 heteroatoms. The highest BCUT2D eigenvalue weighted by atomic mass is 19.4. The molecule has 0 fully saturated rings. The van der Waals surface area contributed by atoms with Gasteiger partial charge in [0.2, 0.25) is 5.82 Å². The Kier molecular flexibility index (Phi) is 6.47. The van der Waals surface area contributed by atoms with Crippen LogP contribution in [0.5, 0.6) is 0 Å². The molecule has 0 radical (unpaired) electrons. The molecule has 0 aliphatic rings. The second-order valence-corrected chi connectivity index (χ2v) is 6.99. The lowest BCUT2D eigenvalue weighted by Gasteiger charge is -2.12. The molecule has 2 amide bonds. The molecule has 2 aromatic carbocycles. The number of alkyl halides is 3. The number of carbonyl (C=O) groups is 3. The fraction of sp³-hybridized carbons (Fsp3) is 0.238. The van der Waals surface area contributed by atoms with E-state index in [0.717, 1.165) is 0 Å². The molecule has 3 rings (SSSR count). The van der Waals surface area contributed by atoms with Crippen molar-refractivity contribution in [3.8, 4) is 0 Å². The van der Waals surface area contributed by atoms with Crippen LogP contribution in [0.25, 0.3) is 11.0 Å². The maximum Gasteiger partial charge on any atom is 0.449 e. The van der Waals surface area contributed by atoms with Crippen LogP contribution in [0, 0.1) is 0 Å². The van der Waals surface area contributed by atoms with E-state index in [1.165, 1.54) is 53.4 Å². The average Bonchev–Trinajstić information content (AvgIpc) is 3.11. The van der Waals surface area contributed by atoms with Crippen LogP contribution < -0.4 is 5.32 Å². The number of benzene rings is 2. The first-order chi connectivity index (χ1) is 15.1. The highest BCUT2D eigenvalue weighted by molar-refractivity contribution is 5.96. The predicted molar refractivity (Wildman–Crippen MR) is 109 cm³/mol. The second kappa shape index (κ2) is 9.08. The smallest absolute Gasteiger partial charge is 0.449 e. The molecule has 8 nitrogen and oxygen atoms in total. The van der Waals surface area contributed by atoms with E-state index in [-0.39, 0.29) is 16.9 Å². The molecular weight excluding hydrogens is 429 g/mol. The Morgan fingerprint density at radius 1 is 1.06 bits per heavy atom. The number of fused-ring (bicyclic) bond motifs is 1. The van der Waals surface area contributed by atoms with E-state index in [1.807, 2.05) is 0 Å². The van der Waals surface area contributed by atoms with Crippen LogP contribution in [0.3, 0.4) is 0 Å². The maximum atomic E-state index is 13.3. The standard InChI is InChI=1S/C21H19F3N4O4/c1-27(2)19(31)13-7-9-14(10-8-13)25-17(29)12-32-18(30)11-28-16-6-4-3-5-15(16)26-20(28)21(22,23)24/h3-10H,11-12H2,1-2H3,(H,25,29). The summed E-state index contributed by atoms with van der Waals surface area (Å²) in [7, 11) is 3.22. The third-order valence-electron chi connectivity index (χ3n) is 4.38. The third-order valence-corrected chi connectivity index (χ3v) is 4.38. The normalized spacial score (nSPS) is 11.3. The number of hydrogen-bond donors (Lipinski definition) is 1. The molecule has 168 valence electrons. The molecular formula is C21H19F3N4O4. The summed E-state index contributed by atoms with van der Waals surface area (Å²) < 4.78 is 45.4. The second-order valence-electron chi connectivity index (χ2n) is 6.99. The summed E-state index contributed by atoms with van der Waals surface area (Å²) in [5.74, 6) is -3.15. The first-order valence-corrected chi connectivity index (χ1v) is 9.36. The van der Waals surface area contributed by atoms with Crippen molar-refractivity contribution in [1.29, 1.82) is 0 Å². The third kappa shape index (κ3) is 5.23. The largest absolute Gasteiger partial charge is 0.454 e. The predicted octanol–water partition coefficient (Wildman–Crippen LogP) is 2.94. The van der Waals surface area contributed by atoms with Gasteiger partial charge in [0.1, 0.15) is 6.54 Å². The fourth-order valence-corrected chi connectivity index (χ4v) is 2.92. The lowest BCUT2D eigenvalue weighted by atomic mass is 10.2. The minimum Gasteiger partial charge on any atom is -0.454 e. The number of halogens is 3. The number of aromatic nitrogens is 2. The summed E-state index contributed by atoms with van der Waals surface area (Å²) in [5.41, 5.74) is 0.990. The van der Waals surface area contributed by atoms with Crippen molar-refractivity contribution in [2.75, 3.05) is 26.0 Å². The molecule has 3 aromatic rings. The van der Waals surface area contributed by atoms with E-state index < -0.39 is 37.0 Å². The minimum absolute atomic E-state index is 0.0848. The minimum atomic E-state index is -4.77. The Bertz CT molecular complexity index is 1150. The van der Waals surface area contributed by atoms with Crippen molar-refractivity contribution in [2.24, 2.45) is 0 Å². The van der Waals surface area contributed by atoms with E-state index in [4.69, 9.17) is 4.74 Å². The van der Waals surface area contributed by atoms with Crippen molar-refractivity contribution in [1.82, 2.24) is 14.5 Å². The van der Waals surface area contributed by atoms with Gasteiger partial charge in [-0.1, -0.05) is 12.1 Å². The number of amides is 2. The van der Waals surface area contributed by atoms with Gasteiger partial charge in [-0.25, -0.2) is 4.98 Å². The summed E-state index contributed by atoms with van der Waals surface area (Å²) in [6.45, 7) is -1.45. The Morgan fingerprint density at radius 2 is 1.72 bits per heavy atom. The van der Waals surface area contributed by atoms with Gasteiger partial charge in [-0.15, -0.1) is 0 Å². The fourth-order valence-electron chi connectivity index (χ4n) is 2.92. The molecule has 0 bridgehead atoms. The zero-order valence-electron chi connectivity index (χ0n) is 17.1. The molecule has 0 unspecified atom stereocenters. The number of rotatable bonds is 6. The van der Waals surface area contributed by atoms with Crippen LogP contribution in [0.4, 0.5) is 18.9 Å². The lowest BCUT2D eigenvalue weighted by Crippen LogP contribution is -2.25. The highest BCUT2D eigenvalue weighted by Gasteiger charge is 2.38. The summed E-state index contributed by atoms with van der Waals surface area (Å²) in [6.07, 6.45) is -4.77. The van der Waals surface area contributed by atoms with Gasteiger partial charge in [-0.05, 0) is 36.4 Å². The van der Waals surface area contributed by atoms with Gasteiger partial charge in [0.05, 0.1) is 11.0 Å². The van der Waals surface area contributed by atoms with Crippen molar-refractivity contribution >= 4 is 34.5 Å². The van der Waals surface area contributed by atoms with Crippen molar-refractivity contribution < 1.29 is 32.3 Å². The quantitative estimate of drug-likeness (QED) is 0.586. The first-order valence-electron chi connectivity index (χ1n) is 9.36. The lowest BCUT2D eigenvalue weighted by molar-refractivity contribution is -0.152. The zero-order chi connectivity index (χ0) is 23.5. The Hall–Kier alpha value is -3.89. The van der Waals surface area contributed by atoms with E-state index in [9.17, 15) is 27.6 Å². The number of imidazole rings is 1. The number of nitrogens with one attached hydrogen (secondary N) is 1. The molecule has 0 aliphatic heterocycles. The number of carbonyl (C=O) groups excluding carboxylic acids is 3. The molecule has 0 spiro atoms. The molecule has 1 N–H and O–H groups in total. The van der Waals surface area contributed by atoms with Crippen LogP contribution in [0.15, 0.2) is 48.5 Å². The van der Waals surface area contributed by atoms with E-state index in [0.29, 0.717) is 15.8 Å². The van der Waals surface area contributed by atoms with Gasteiger partial charge in [-0.3, -0.25) is 14.4 Å². The number of esters is 1. The van der Waals surface area contributed by atoms with E-state index >= 15 is 0 Å². The average molecular weight is 448 g/mol. The summed E-state index contributed by atoms with van der Waals surface area (Å²) in [5, 5.41) is 2.48. The van der Waals surface area contributed by atoms with Gasteiger partial charge >= 0.3 is 12.1 Å². The van der Waals surface area contributed by atoms with Crippen LogP contribution in [0.2, 0.25) is 0 Å². The Labute approximate surface area is 180 Å². The topological polar surface area (TPSA) is 93.5 Å². The summed E-state index contributed by atoms with van der Waals surface area (Å²) in [4.78, 5) is 40.9. The summed E-state index contributed by atoms with van der Waals surface area (Å²) in [6, 6.07) is 11.9. The molecule has 0 saturated carbocycles. The molecule has 32 heavy (non-hydrogen) atoms. The number of anilines is 1. The van der Waals surface area contributed by atoms with Crippen LogP contribution in [0.1, 0.15) is 16.2 Å². The Balaban J connectivity index is 1.61. The number of ether oxygens (including phenoxy) is 1. The van der Waals surface area contributed by atoms with Crippen LogP contribution in [-0.4, -0.2) is 52.9 Å². The number of nitrogens with zero attached hydrogens (tertiary/aromatic N) is 3. The highest BCUT2D eigenvalue weighted by Crippen LogP contribution is 2.31. The van der Waals surface area contributed by atoms with Gasteiger partial charge in [0, 0.05) is 25.3 Å². The maximum absolute atomic E-state index is 13.3. The van der Waals surface area contributed by atoms with Crippen LogP contribution in [-0.2, 0) is 27.0 Å². The van der Waals surface area contributed by atoms with Crippen molar-refractivity contribution in [3.05, 3.63) is 59.9 Å². The SMILES string of the molecule is CN(C)C(=O)c1ccc(NC(=O)COC(=O)Cn2c(C(F)(F)F)nc3ccccc32)cc1. The van der Waals surface area contributed by atoms with Crippen LogP contribution >= 0.6 is 0 Å². The molecule has 0 atom stereocenters.